The van der Waals surface area contributed by atoms with Crippen LogP contribution < -0.4 is 10.6 Å². The number of ether oxygens (including phenoxy) is 2. The summed E-state index contributed by atoms with van der Waals surface area (Å²) in [5, 5.41) is 5.84. The number of hydrogen-bond acceptors (Lipinski definition) is 4. The van der Waals surface area contributed by atoms with Crippen LogP contribution in [0, 0.1) is 6.92 Å². The summed E-state index contributed by atoms with van der Waals surface area (Å²) in [5.74, 6) is -0.450. The lowest BCUT2D eigenvalue weighted by Crippen LogP contribution is -2.52. The van der Waals surface area contributed by atoms with E-state index in [9.17, 15) is 9.59 Å². The van der Waals surface area contributed by atoms with E-state index in [4.69, 9.17) is 21.1 Å². The van der Waals surface area contributed by atoms with Crippen LogP contribution in [0.15, 0.2) is 48.5 Å². The molecule has 0 heterocycles. The van der Waals surface area contributed by atoms with Gasteiger partial charge in [-0.2, -0.15) is 0 Å². The van der Waals surface area contributed by atoms with Gasteiger partial charge in [0.25, 0.3) is 0 Å². The van der Waals surface area contributed by atoms with Crippen LogP contribution in [0.4, 0.5) is 10.5 Å². The summed E-state index contributed by atoms with van der Waals surface area (Å²) in [4.78, 5) is 25.3. The van der Waals surface area contributed by atoms with Crippen LogP contribution in [0.25, 0.3) is 0 Å². The minimum atomic E-state index is -0.986. The summed E-state index contributed by atoms with van der Waals surface area (Å²) in [6, 6.07) is 13.9. The lowest BCUT2D eigenvalue weighted by Gasteiger charge is -2.27. The number of hydrogen-bond donors (Lipinski definition) is 2. The molecule has 0 saturated carbocycles. The molecule has 6 nitrogen and oxygen atoms in total. The third kappa shape index (κ3) is 7.35. The number of carbonyl (C=O) groups is 2. The SMILES string of the molecule is Cc1cccc(NC(=O)[C@H](NC(=O)OC(C)(C)C)[C@H](C)OCc2ccccc2)c1Cl. The van der Waals surface area contributed by atoms with Gasteiger partial charge in [-0.3, -0.25) is 4.79 Å². The first-order chi connectivity index (χ1) is 14.1. The summed E-state index contributed by atoms with van der Waals surface area (Å²) in [7, 11) is 0. The van der Waals surface area contributed by atoms with E-state index >= 15 is 0 Å². The molecule has 2 aromatic rings. The van der Waals surface area contributed by atoms with Crippen molar-refractivity contribution in [2.45, 2.75) is 59.0 Å². The summed E-state index contributed by atoms with van der Waals surface area (Å²) >= 11 is 6.30. The molecule has 0 aromatic heterocycles. The molecule has 30 heavy (non-hydrogen) atoms. The van der Waals surface area contributed by atoms with Gasteiger partial charge in [0.2, 0.25) is 5.91 Å². The zero-order valence-electron chi connectivity index (χ0n) is 18.0. The summed E-state index contributed by atoms with van der Waals surface area (Å²) < 4.78 is 11.2. The van der Waals surface area contributed by atoms with E-state index in [2.05, 4.69) is 10.6 Å². The molecule has 2 aromatic carbocycles. The molecule has 0 radical (unpaired) electrons. The molecular weight excluding hydrogens is 404 g/mol. The lowest BCUT2D eigenvalue weighted by molar-refractivity contribution is -0.122. The Kier molecular flexibility index (Phi) is 8.26. The Hall–Kier alpha value is -2.57. The monoisotopic (exact) mass is 432 g/mol. The topological polar surface area (TPSA) is 76.7 Å². The van der Waals surface area contributed by atoms with Crippen LogP contribution in [0.3, 0.4) is 0 Å². The molecule has 2 amide bonds. The molecule has 0 fully saturated rings. The highest BCUT2D eigenvalue weighted by Gasteiger charge is 2.30. The van der Waals surface area contributed by atoms with Crippen molar-refractivity contribution in [3.8, 4) is 0 Å². The highest BCUT2D eigenvalue weighted by atomic mass is 35.5. The number of amides is 2. The second-order valence-electron chi connectivity index (χ2n) is 8.05. The zero-order chi connectivity index (χ0) is 22.3. The number of anilines is 1. The molecule has 2 rings (SSSR count). The van der Waals surface area contributed by atoms with E-state index in [0.717, 1.165) is 11.1 Å². The van der Waals surface area contributed by atoms with Gasteiger partial charge in [-0.15, -0.1) is 0 Å². The first-order valence-electron chi connectivity index (χ1n) is 9.78. The summed E-state index contributed by atoms with van der Waals surface area (Å²) in [6.07, 6.45) is -1.32. The Morgan fingerprint density at radius 2 is 1.73 bits per heavy atom. The molecule has 162 valence electrons. The first-order valence-corrected chi connectivity index (χ1v) is 10.2. The van der Waals surface area contributed by atoms with Crippen LogP contribution in [0.5, 0.6) is 0 Å². The average Bonchev–Trinajstić information content (AvgIpc) is 2.67. The average molecular weight is 433 g/mol. The first kappa shape index (κ1) is 23.7. The number of carbonyl (C=O) groups excluding carboxylic acids is 2. The molecule has 2 atom stereocenters. The highest BCUT2D eigenvalue weighted by Crippen LogP contribution is 2.25. The Balaban J connectivity index is 2.15. The van der Waals surface area contributed by atoms with Gasteiger partial charge in [-0.25, -0.2) is 4.79 Å². The van der Waals surface area contributed by atoms with Crippen molar-refractivity contribution in [2.75, 3.05) is 5.32 Å². The van der Waals surface area contributed by atoms with Crippen molar-refractivity contribution < 1.29 is 19.1 Å². The zero-order valence-corrected chi connectivity index (χ0v) is 18.7. The van der Waals surface area contributed by atoms with Gasteiger partial charge in [0.15, 0.2) is 0 Å². The van der Waals surface area contributed by atoms with Crippen LogP contribution >= 0.6 is 11.6 Å². The van der Waals surface area contributed by atoms with Crippen molar-refractivity contribution >= 4 is 29.3 Å². The molecule has 7 heteroatoms. The minimum absolute atomic E-state index is 0.299. The van der Waals surface area contributed by atoms with Gasteiger partial charge < -0.3 is 20.1 Å². The second kappa shape index (κ2) is 10.5. The molecule has 0 saturated heterocycles. The van der Waals surface area contributed by atoms with Crippen molar-refractivity contribution in [1.82, 2.24) is 5.32 Å². The van der Waals surface area contributed by atoms with E-state index in [1.807, 2.05) is 43.3 Å². The van der Waals surface area contributed by atoms with Crippen LogP contribution in [0.1, 0.15) is 38.8 Å². The smallest absolute Gasteiger partial charge is 0.408 e. The predicted octanol–water partition coefficient (Wildman–Crippen LogP) is 5.09. The fourth-order valence-electron chi connectivity index (χ4n) is 2.68. The number of rotatable bonds is 7. The minimum Gasteiger partial charge on any atom is -0.444 e. The maximum Gasteiger partial charge on any atom is 0.408 e. The van der Waals surface area contributed by atoms with E-state index in [1.165, 1.54) is 0 Å². The van der Waals surface area contributed by atoms with Crippen LogP contribution in [-0.4, -0.2) is 29.7 Å². The van der Waals surface area contributed by atoms with Gasteiger partial charge in [-0.1, -0.05) is 54.1 Å². The quantitative estimate of drug-likeness (QED) is 0.639. The maximum absolute atomic E-state index is 13.0. The van der Waals surface area contributed by atoms with Crippen molar-refractivity contribution in [1.29, 1.82) is 0 Å². The van der Waals surface area contributed by atoms with Gasteiger partial charge in [0.05, 0.1) is 23.4 Å². The van der Waals surface area contributed by atoms with Crippen LogP contribution in [-0.2, 0) is 20.9 Å². The Bertz CT molecular complexity index is 865. The number of halogens is 1. The summed E-state index contributed by atoms with van der Waals surface area (Å²) in [6.45, 7) is 9.13. The van der Waals surface area contributed by atoms with Gasteiger partial charge in [-0.05, 0) is 51.8 Å². The number of alkyl carbamates (subject to hydrolysis) is 1. The second-order valence-corrected chi connectivity index (χ2v) is 8.43. The fraction of sp³-hybridized carbons (Fsp3) is 0.391. The largest absolute Gasteiger partial charge is 0.444 e. The molecule has 0 bridgehead atoms. The lowest BCUT2D eigenvalue weighted by atomic mass is 10.1. The Labute approximate surface area is 182 Å². The van der Waals surface area contributed by atoms with Gasteiger partial charge in [0.1, 0.15) is 11.6 Å². The number of nitrogens with one attached hydrogen (secondary N) is 2. The standard InChI is InChI=1S/C23H29ClN2O4/c1-15-10-9-13-18(19(15)24)25-21(27)20(26-22(28)30-23(3,4)5)16(2)29-14-17-11-7-6-8-12-17/h6-13,16,20H,14H2,1-5H3,(H,25,27)(H,26,28)/t16-,20+/m0/s1. The third-order valence-corrected chi connectivity index (χ3v) is 4.73. The highest BCUT2D eigenvalue weighted by molar-refractivity contribution is 6.34. The van der Waals surface area contributed by atoms with Crippen LogP contribution in [0.2, 0.25) is 5.02 Å². The van der Waals surface area contributed by atoms with Gasteiger partial charge in [0, 0.05) is 0 Å². The maximum atomic E-state index is 13.0. The molecule has 0 aliphatic heterocycles. The molecule has 2 N–H and O–H groups in total. The molecule has 0 aliphatic rings. The number of aryl methyl sites for hydroxylation is 1. The third-order valence-electron chi connectivity index (χ3n) is 4.23. The van der Waals surface area contributed by atoms with Crippen molar-refractivity contribution in [3.63, 3.8) is 0 Å². The fourth-order valence-corrected chi connectivity index (χ4v) is 2.86. The van der Waals surface area contributed by atoms with E-state index < -0.39 is 29.7 Å². The van der Waals surface area contributed by atoms with Crippen molar-refractivity contribution in [3.05, 3.63) is 64.7 Å². The normalized spacial score (nSPS) is 13.3. The van der Waals surface area contributed by atoms with E-state index in [0.29, 0.717) is 17.3 Å². The Morgan fingerprint density at radius 3 is 2.37 bits per heavy atom. The Morgan fingerprint density at radius 1 is 1.07 bits per heavy atom. The van der Waals surface area contributed by atoms with Crippen molar-refractivity contribution in [2.24, 2.45) is 0 Å². The molecule has 0 aliphatic carbocycles. The van der Waals surface area contributed by atoms with E-state index in [1.54, 1.807) is 39.8 Å². The van der Waals surface area contributed by atoms with E-state index in [-0.39, 0.29) is 0 Å². The molecular formula is C23H29ClN2O4. The number of benzene rings is 2. The molecule has 0 unspecified atom stereocenters. The molecule has 0 spiro atoms. The predicted molar refractivity (Wildman–Crippen MR) is 119 cm³/mol. The van der Waals surface area contributed by atoms with Gasteiger partial charge >= 0.3 is 6.09 Å². The summed E-state index contributed by atoms with van der Waals surface area (Å²) in [5.41, 5.74) is 1.56.